The smallest absolute Gasteiger partial charge is 0.497 e. The summed E-state index contributed by atoms with van der Waals surface area (Å²) in [4.78, 5) is 9.79. The van der Waals surface area contributed by atoms with E-state index in [0.717, 1.165) is 60.3 Å². The quantitative estimate of drug-likeness (QED) is 0.102. The van der Waals surface area contributed by atoms with Gasteiger partial charge in [-0.1, -0.05) is 94.3 Å². The molecule has 0 N–H and O–H groups in total. The number of hydrogen-bond donors (Lipinski definition) is 0. The third-order valence-corrected chi connectivity index (χ3v) is 10.3. The van der Waals surface area contributed by atoms with E-state index in [-0.39, 0.29) is 20.4 Å². The van der Waals surface area contributed by atoms with Crippen LogP contribution in [0.15, 0.2) is 122 Å². The number of ether oxygens (including phenoxy) is 1. The molecule has 0 bridgehead atoms. The zero-order valence-corrected chi connectivity index (χ0v) is 26.8. The molecular formula is C40H20N4OPdS. The third-order valence-electron chi connectivity index (χ3n) is 9.19. The zero-order valence-electron chi connectivity index (χ0n) is 24.5. The first-order chi connectivity index (χ1) is 22.8. The summed E-state index contributed by atoms with van der Waals surface area (Å²) in [5.41, 5.74) is 5.98. The predicted molar refractivity (Wildman–Crippen MR) is 189 cm³/mol. The number of pyridine rings is 2. The Bertz CT molecular complexity index is 3080. The summed E-state index contributed by atoms with van der Waals surface area (Å²) in [6, 6.07) is 45.4. The first-order valence-corrected chi connectivity index (χ1v) is 16.0. The van der Waals surface area contributed by atoms with Gasteiger partial charge in [-0.15, -0.1) is 23.5 Å². The zero-order chi connectivity index (χ0) is 29.9. The fraction of sp³-hybridized carbons (Fsp3) is 0. The van der Waals surface area contributed by atoms with E-state index in [1.165, 1.54) is 25.6 Å². The van der Waals surface area contributed by atoms with Gasteiger partial charge in [0, 0.05) is 55.1 Å². The minimum atomic E-state index is 0. The van der Waals surface area contributed by atoms with Gasteiger partial charge in [-0.25, -0.2) is 0 Å². The minimum Gasteiger partial charge on any atom is -0.497 e. The van der Waals surface area contributed by atoms with Gasteiger partial charge in [0.05, 0.1) is 22.3 Å². The van der Waals surface area contributed by atoms with Crippen LogP contribution in [0, 0.1) is 12.1 Å². The average Bonchev–Trinajstić information content (AvgIpc) is 3.84. The molecule has 0 radical (unpaired) electrons. The Morgan fingerprint density at radius 2 is 1.28 bits per heavy atom. The molecule has 0 aliphatic rings. The molecular weight excluding hydrogens is 691 g/mol. The number of para-hydroxylation sites is 3. The Morgan fingerprint density at radius 1 is 0.574 bits per heavy atom. The molecule has 47 heavy (non-hydrogen) atoms. The molecule has 0 amide bonds. The number of hydrogen-bond acceptors (Lipinski definition) is 4. The van der Waals surface area contributed by atoms with Gasteiger partial charge in [0.2, 0.25) is 0 Å². The summed E-state index contributed by atoms with van der Waals surface area (Å²) in [7, 11) is 0. The first kappa shape index (κ1) is 26.9. The first-order valence-electron chi connectivity index (χ1n) is 15.2. The number of benzene rings is 6. The number of nitrogens with zero attached hydrogens (tertiary/aromatic N) is 4. The van der Waals surface area contributed by atoms with E-state index >= 15 is 0 Å². The maximum absolute atomic E-state index is 6.49. The van der Waals surface area contributed by atoms with Crippen LogP contribution in [0.5, 0.6) is 11.5 Å². The van der Waals surface area contributed by atoms with Crippen molar-refractivity contribution in [3.8, 4) is 11.5 Å². The van der Waals surface area contributed by atoms with Crippen LogP contribution in [-0.2, 0) is 20.4 Å². The standard InChI is InChI=1S/C40H20N4OS.Pd/c1-4-10-34-27(7-1)25-15-13-23(19-31(25)39-41-17-18-43(34)39)45-24-14-16-26-29-22-38-30(28-8-2-6-12-37(28)46-38)21-36(29)44-35-11-5-3-9-33(35)42-40(44)32(26)20-24;/h1-18,21-22H;/q-2;+2. The predicted octanol–water partition coefficient (Wildman–Crippen LogP) is 10.5. The molecule has 0 spiro atoms. The molecule has 0 unspecified atom stereocenters. The van der Waals surface area contributed by atoms with E-state index < -0.39 is 0 Å². The summed E-state index contributed by atoms with van der Waals surface area (Å²) < 4.78 is 13.4. The molecule has 0 atom stereocenters. The second-order valence-electron chi connectivity index (χ2n) is 11.7. The van der Waals surface area contributed by atoms with Crippen LogP contribution in [0.1, 0.15) is 0 Å². The number of thiophene rings is 1. The van der Waals surface area contributed by atoms with Crippen molar-refractivity contribution in [3.05, 3.63) is 134 Å². The van der Waals surface area contributed by atoms with Crippen molar-refractivity contribution < 1.29 is 25.2 Å². The van der Waals surface area contributed by atoms with E-state index in [1.54, 1.807) is 0 Å². The molecule has 7 heteroatoms. The van der Waals surface area contributed by atoms with Gasteiger partial charge < -0.3 is 13.5 Å². The van der Waals surface area contributed by atoms with Crippen molar-refractivity contribution in [1.29, 1.82) is 0 Å². The Balaban J connectivity index is 0.00000285. The summed E-state index contributed by atoms with van der Waals surface area (Å²) in [6.45, 7) is 0. The second-order valence-corrected chi connectivity index (χ2v) is 12.8. The summed E-state index contributed by atoms with van der Waals surface area (Å²) >= 11 is 1.83. The van der Waals surface area contributed by atoms with E-state index in [1.807, 2.05) is 41.9 Å². The monoisotopic (exact) mass is 710 g/mol. The van der Waals surface area contributed by atoms with Crippen LogP contribution < -0.4 is 4.74 Å². The molecule has 0 saturated heterocycles. The summed E-state index contributed by atoms with van der Waals surface area (Å²) in [5.74, 6) is 1.22. The maximum atomic E-state index is 6.49. The van der Waals surface area contributed by atoms with E-state index in [0.29, 0.717) is 11.5 Å². The SMILES string of the molecule is [Pd+2].[c-]1c(Oc2[c-]c3c(cc2)c2cc4sc5ccccc5c4cc2n2c4ccccc4nc32)ccc2c1c1nccn1c1ccccc21. The van der Waals surface area contributed by atoms with Crippen molar-refractivity contribution in [2.45, 2.75) is 0 Å². The fourth-order valence-electron chi connectivity index (χ4n) is 7.18. The van der Waals surface area contributed by atoms with Crippen molar-refractivity contribution in [3.63, 3.8) is 0 Å². The number of rotatable bonds is 2. The van der Waals surface area contributed by atoms with Crippen molar-refractivity contribution in [1.82, 2.24) is 18.8 Å². The second kappa shape index (κ2) is 9.84. The van der Waals surface area contributed by atoms with Gasteiger partial charge in [-0.2, -0.15) is 0 Å². The van der Waals surface area contributed by atoms with Crippen molar-refractivity contribution in [2.24, 2.45) is 0 Å². The Morgan fingerprint density at radius 3 is 2.13 bits per heavy atom. The Hall–Kier alpha value is -5.32. The molecule has 11 aromatic rings. The molecule has 0 saturated carbocycles. The topological polar surface area (TPSA) is 43.8 Å². The van der Waals surface area contributed by atoms with Gasteiger partial charge >= 0.3 is 20.4 Å². The molecule has 0 aliphatic carbocycles. The maximum Gasteiger partial charge on any atom is 2.00 e. The van der Waals surface area contributed by atoms with Crippen molar-refractivity contribution >= 4 is 97.2 Å². The minimum absolute atomic E-state index is 0. The van der Waals surface area contributed by atoms with Gasteiger partial charge in [-0.3, -0.25) is 9.97 Å². The molecule has 222 valence electrons. The molecule has 5 nitrogen and oxygen atoms in total. The molecule has 0 fully saturated rings. The number of aromatic nitrogens is 4. The van der Waals surface area contributed by atoms with Crippen LogP contribution in [0.3, 0.4) is 0 Å². The van der Waals surface area contributed by atoms with Gasteiger partial charge in [-0.05, 0) is 47.2 Å². The van der Waals surface area contributed by atoms with Crippen LogP contribution in [0.25, 0.3) is 85.9 Å². The van der Waals surface area contributed by atoms with E-state index in [9.17, 15) is 0 Å². The van der Waals surface area contributed by atoms with Gasteiger partial charge in [0.15, 0.2) is 0 Å². The molecule has 6 aromatic carbocycles. The van der Waals surface area contributed by atoms with Gasteiger partial charge in [0.1, 0.15) is 0 Å². The number of imidazole rings is 2. The number of fused-ring (bicyclic) bond motifs is 17. The van der Waals surface area contributed by atoms with Gasteiger partial charge in [0.25, 0.3) is 0 Å². The van der Waals surface area contributed by atoms with E-state index in [2.05, 4.69) is 117 Å². The largest absolute Gasteiger partial charge is 2.00 e. The summed E-state index contributed by atoms with van der Waals surface area (Å²) in [5, 5.41) is 8.89. The van der Waals surface area contributed by atoms with Crippen LogP contribution in [-0.4, -0.2) is 18.8 Å². The Kier molecular flexibility index (Phi) is 5.62. The fourth-order valence-corrected chi connectivity index (χ4v) is 8.31. The third kappa shape index (κ3) is 3.73. The van der Waals surface area contributed by atoms with Crippen molar-refractivity contribution in [2.75, 3.05) is 0 Å². The van der Waals surface area contributed by atoms with Crippen LogP contribution in [0.4, 0.5) is 0 Å². The normalized spacial score (nSPS) is 12.1. The van der Waals surface area contributed by atoms with Crippen LogP contribution >= 0.6 is 11.3 Å². The van der Waals surface area contributed by atoms with Crippen LogP contribution in [0.2, 0.25) is 0 Å². The average molecular weight is 711 g/mol. The van der Waals surface area contributed by atoms with E-state index in [4.69, 9.17) is 9.72 Å². The molecule has 0 aliphatic heterocycles. The summed E-state index contributed by atoms with van der Waals surface area (Å²) in [6.07, 6.45) is 3.82. The molecule has 5 heterocycles. The molecule has 5 aromatic heterocycles. The molecule has 11 rings (SSSR count). The Labute approximate surface area is 284 Å².